The number of hydrogen-bond acceptors (Lipinski definition) is 5. The molecule has 100 valence electrons. The number of aliphatic hydroxyl groups excluding tert-OH is 1. The lowest BCUT2D eigenvalue weighted by Crippen LogP contribution is -2.49. The summed E-state index contributed by atoms with van der Waals surface area (Å²) in [5, 5.41) is 12.1. The van der Waals surface area contributed by atoms with Crippen molar-refractivity contribution < 1.29 is 14.6 Å². The highest BCUT2D eigenvalue weighted by molar-refractivity contribution is 5.69. The summed E-state index contributed by atoms with van der Waals surface area (Å²) in [4.78, 5) is 13.4. The van der Waals surface area contributed by atoms with Gasteiger partial charge in [0.05, 0.1) is 20.1 Å². The van der Waals surface area contributed by atoms with Crippen molar-refractivity contribution in [2.24, 2.45) is 5.92 Å². The minimum atomic E-state index is -0.150. The molecule has 0 radical (unpaired) electrons. The molecular weight excluding hydrogens is 220 g/mol. The number of likely N-dealkylation sites (tertiary alicyclic amines) is 1. The second-order valence-corrected chi connectivity index (χ2v) is 4.80. The van der Waals surface area contributed by atoms with Gasteiger partial charge in [-0.15, -0.1) is 0 Å². The van der Waals surface area contributed by atoms with Gasteiger partial charge in [0.15, 0.2) is 0 Å². The molecule has 5 heteroatoms. The second kappa shape index (κ2) is 7.63. The van der Waals surface area contributed by atoms with E-state index >= 15 is 0 Å². The third kappa shape index (κ3) is 5.48. The van der Waals surface area contributed by atoms with E-state index in [9.17, 15) is 4.79 Å². The van der Waals surface area contributed by atoms with Gasteiger partial charge in [-0.1, -0.05) is 6.92 Å². The number of ether oxygens (including phenoxy) is 1. The SMILES string of the molecule is COC(=O)CCN1CC(C)CC(NCCO)C1. The first-order chi connectivity index (χ1) is 8.15. The number of nitrogens with one attached hydrogen (secondary N) is 1. The molecule has 2 unspecified atom stereocenters. The summed E-state index contributed by atoms with van der Waals surface area (Å²) in [5.41, 5.74) is 0. The normalized spacial score (nSPS) is 25.8. The van der Waals surface area contributed by atoms with Crippen LogP contribution in [-0.2, 0) is 9.53 Å². The Morgan fingerprint density at radius 1 is 1.53 bits per heavy atom. The minimum Gasteiger partial charge on any atom is -0.469 e. The highest BCUT2D eigenvalue weighted by atomic mass is 16.5. The van der Waals surface area contributed by atoms with Gasteiger partial charge in [0, 0.05) is 32.2 Å². The molecule has 0 aromatic heterocycles. The lowest BCUT2D eigenvalue weighted by Gasteiger charge is -2.36. The second-order valence-electron chi connectivity index (χ2n) is 4.80. The molecule has 1 heterocycles. The number of aliphatic hydroxyl groups is 1. The van der Waals surface area contributed by atoms with Crippen molar-refractivity contribution >= 4 is 5.97 Å². The van der Waals surface area contributed by atoms with E-state index < -0.39 is 0 Å². The van der Waals surface area contributed by atoms with Crippen LogP contribution in [0, 0.1) is 5.92 Å². The van der Waals surface area contributed by atoms with E-state index in [0.717, 1.165) is 26.1 Å². The Labute approximate surface area is 103 Å². The van der Waals surface area contributed by atoms with Crippen LogP contribution >= 0.6 is 0 Å². The number of carbonyl (C=O) groups excluding carboxylic acids is 1. The van der Waals surface area contributed by atoms with Crippen LogP contribution in [0.25, 0.3) is 0 Å². The van der Waals surface area contributed by atoms with Gasteiger partial charge in [-0.3, -0.25) is 4.79 Å². The maximum atomic E-state index is 11.1. The van der Waals surface area contributed by atoms with Gasteiger partial charge < -0.3 is 20.1 Å². The van der Waals surface area contributed by atoms with E-state index in [1.54, 1.807) is 0 Å². The van der Waals surface area contributed by atoms with Crippen LogP contribution in [-0.4, -0.2) is 61.9 Å². The average Bonchev–Trinajstić information content (AvgIpc) is 2.32. The van der Waals surface area contributed by atoms with Crippen LogP contribution in [0.2, 0.25) is 0 Å². The van der Waals surface area contributed by atoms with Gasteiger partial charge in [0.1, 0.15) is 0 Å². The van der Waals surface area contributed by atoms with E-state index in [1.807, 2.05) is 0 Å². The average molecular weight is 244 g/mol. The Kier molecular flexibility index (Phi) is 6.47. The van der Waals surface area contributed by atoms with Crippen molar-refractivity contribution in [2.75, 3.05) is 39.9 Å². The number of carbonyl (C=O) groups is 1. The molecule has 1 aliphatic rings. The lowest BCUT2D eigenvalue weighted by atomic mass is 9.96. The zero-order valence-corrected chi connectivity index (χ0v) is 10.8. The van der Waals surface area contributed by atoms with Gasteiger partial charge in [0.25, 0.3) is 0 Å². The Bertz CT molecular complexity index is 236. The first-order valence-electron chi connectivity index (χ1n) is 6.29. The van der Waals surface area contributed by atoms with Gasteiger partial charge in [-0.05, 0) is 12.3 Å². The van der Waals surface area contributed by atoms with Crippen molar-refractivity contribution in [1.82, 2.24) is 10.2 Å². The van der Waals surface area contributed by atoms with Crippen molar-refractivity contribution in [3.05, 3.63) is 0 Å². The van der Waals surface area contributed by atoms with Crippen LogP contribution in [0.1, 0.15) is 19.8 Å². The Balaban J connectivity index is 2.31. The fourth-order valence-electron chi connectivity index (χ4n) is 2.41. The van der Waals surface area contributed by atoms with Gasteiger partial charge in [-0.25, -0.2) is 0 Å². The molecule has 0 amide bonds. The third-order valence-electron chi connectivity index (χ3n) is 3.14. The number of rotatable bonds is 6. The highest BCUT2D eigenvalue weighted by Gasteiger charge is 2.24. The molecule has 0 aromatic rings. The van der Waals surface area contributed by atoms with Gasteiger partial charge in [0.2, 0.25) is 0 Å². The molecule has 1 fully saturated rings. The Hall–Kier alpha value is -0.650. The molecule has 1 rings (SSSR count). The fraction of sp³-hybridized carbons (Fsp3) is 0.917. The third-order valence-corrected chi connectivity index (χ3v) is 3.14. The molecule has 1 aliphatic heterocycles. The van der Waals surface area contributed by atoms with Gasteiger partial charge >= 0.3 is 5.97 Å². The smallest absolute Gasteiger partial charge is 0.306 e. The maximum absolute atomic E-state index is 11.1. The van der Waals surface area contributed by atoms with Crippen LogP contribution < -0.4 is 5.32 Å². The highest BCUT2D eigenvalue weighted by Crippen LogP contribution is 2.16. The molecule has 0 aromatic carbocycles. The predicted molar refractivity (Wildman–Crippen MR) is 65.7 cm³/mol. The van der Waals surface area contributed by atoms with Crippen molar-refractivity contribution in [1.29, 1.82) is 0 Å². The van der Waals surface area contributed by atoms with E-state index in [4.69, 9.17) is 5.11 Å². The van der Waals surface area contributed by atoms with Gasteiger partial charge in [-0.2, -0.15) is 0 Å². The maximum Gasteiger partial charge on any atom is 0.306 e. The molecule has 0 saturated carbocycles. The van der Waals surface area contributed by atoms with Crippen molar-refractivity contribution in [3.8, 4) is 0 Å². The Morgan fingerprint density at radius 3 is 2.94 bits per heavy atom. The number of hydrogen-bond donors (Lipinski definition) is 2. The number of nitrogens with zero attached hydrogens (tertiary/aromatic N) is 1. The zero-order chi connectivity index (χ0) is 12.7. The monoisotopic (exact) mass is 244 g/mol. The molecule has 0 aliphatic carbocycles. The molecule has 0 bridgehead atoms. The molecule has 5 nitrogen and oxygen atoms in total. The van der Waals surface area contributed by atoms with Crippen LogP contribution in [0.5, 0.6) is 0 Å². The van der Waals surface area contributed by atoms with Crippen molar-refractivity contribution in [2.45, 2.75) is 25.8 Å². The van der Waals surface area contributed by atoms with Crippen LogP contribution in [0.15, 0.2) is 0 Å². The van der Waals surface area contributed by atoms with E-state index in [-0.39, 0.29) is 12.6 Å². The minimum absolute atomic E-state index is 0.150. The number of esters is 1. The summed E-state index contributed by atoms with van der Waals surface area (Å²) in [6, 6.07) is 0.420. The summed E-state index contributed by atoms with van der Waals surface area (Å²) in [7, 11) is 1.42. The summed E-state index contributed by atoms with van der Waals surface area (Å²) in [5.74, 6) is 0.473. The number of methoxy groups -OCH3 is 1. The standard InChI is InChI=1S/C12H24N2O3/c1-10-7-11(13-4-6-15)9-14(8-10)5-3-12(16)17-2/h10-11,13,15H,3-9H2,1-2H3. The topological polar surface area (TPSA) is 61.8 Å². The summed E-state index contributed by atoms with van der Waals surface area (Å²) >= 11 is 0. The zero-order valence-electron chi connectivity index (χ0n) is 10.8. The Morgan fingerprint density at radius 2 is 2.29 bits per heavy atom. The molecular formula is C12H24N2O3. The predicted octanol–water partition coefficient (Wildman–Crippen LogP) is -0.158. The van der Waals surface area contributed by atoms with Crippen LogP contribution in [0.3, 0.4) is 0 Å². The fourth-order valence-corrected chi connectivity index (χ4v) is 2.41. The summed E-state index contributed by atoms with van der Waals surface area (Å²) < 4.78 is 4.65. The quantitative estimate of drug-likeness (QED) is 0.636. The van der Waals surface area contributed by atoms with E-state index in [1.165, 1.54) is 7.11 Å². The van der Waals surface area contributed by atoms with Crippen LogP contribution in [0.4, 0.5) is 0 Å². The first-order valence-corrected chi connectivity index (χ1v) is 6.29. The number of piperidine rings is 1. The molecule has 2 atom stereocenters. The molecule has 17 heavy (non-hydrogen) atoms. The first kappa shape index (κ1) is 14.4. The molecule has 0 spiro atoms. The lowest BCUT2D eigenvalue weighted by molar-refractivity contribution is -0.141. The summed E-state index contributed by atoms with van der Waals surface area (Å²) in [6.45, 7) is 5.77. The molecule has 1 saturated heterocycles. The van der Waals surface area contributed by atoms with E-state index in [0.29, 0.717) is 24.9 Å². The summed E-state index contributed by atoms with van der Waals surface area (Å²) in [6.07, 6.45) is 1.59. The van der Waals surface area contributed by atoms with E-state index in [2.05, 4.69) is 21.9 Å². The largest absolute Gasteiger partial charge is 0.469 e. The molecule has 2 N–H and O–H groups in total. The van der Waals surface area contributed by atoms with Crippen molar-refractivity contribution in [3.63, 3.8) is 0 Å².